The highest BCUT2D eigenvalue weighted by Gasteiger charge is 2.40. The van der Waals surface area contributed by atoms with E-state index in [9.17, 15) is 4.79 Å². The molecule has 0 spiro atoms. The van der Waals surface area contributed by atoms with Gasteiger partial charge in [-0.3, -0.25) is 4.79 Å². The van der Waals surface area contributed by atoms with Gasteiger partial charge in [0.05, 0.1) is 16.3 Å². The molecule has 1 aliphatic rings. The van der Waals surface area contributed by atoms with Crippen LogP contribution in [0.1, 0.15) is 32.2 Å². The molecule has 2 unspecified atom stereocenters. The molecule has 1 aromatic carbocycles. The topological polar surface area (TPSA) is 55.1 Å². The highest BCUT2D eigenvalue weighted by molar-refractivity contribution is 7.99. The van der Waals surface area contributed by atoms with Crippen LogP contribution >= 0.6 is 23.4 Å². The standard InChI is InChI=1S/C15H17ClN2O2S/c1-2-4-9-7-12(9)18-11-6-3-5-10(16)14(11)17-15(18)21-8-13(19)20/h3,5-6,9,12H,2,4,7-8H2,1H3,(H,19,20). The van der Waals surface area contributed by atoms with Crippen molar-refractivity contribution in [2.45, 2.75) is 37.4 Å². The summed E-state index contributed by atoms with van der Waals surface area (Å²) in [6, 6.07) is 6.19. The first kappa shape index (κ1) is 14.7. The molecule has 0 amide bonds. The number of halogens is 1. The van der Waals surface area contributed by atoms with Crippen molar-refractivity contribution in [2.24, 2.45) is 5.92 Å². The number of nitrogens with zero attached hydrogens (tertiary/aromatic N) is 2. The molecule has 6 heteroatoms. The summed E-state index contributed by atoms with van der Waals surface area (Å²) in [7, 11) is 0. The fourth-order valence-electron chi connectivity index (χ4n) is 2.84. The maximum Gasteiger partial charge on any atom is 0.313 e. The maximum atomic E-state index is 10.8. The van der Waals surface area contributed by atoms with Crippen LogP contribution in [0.5, 0.6) is 0 Å². The Kier molecular flexibility index (Phi) is 4.13. The number of carboxylic acids is 1. The molecule has 2 aromatic rings. The summed E-state index contributed by atoms with van der Waals surface area (Å²) in [5.41, 5.74) is 1.79. The molecule has 1 aliphatic carbocycles. The molecule has 0 saturated heterocycles. The molecule has 1 heterocycles. The van der Waals surface area contributed by atoms with Crippen LogP contribution in [0.2, 0.25) is 5.02 Å². The molecular formula is C15H17ClN2O2S. The smallest absolute Gasteiger partial charge is 0.313 e. The van der Waals surface area contributed by atoms with E-state index in [4.69, 9.17) is 16.7 Å². The summed E-state index contributed by atoms with van der Waals surface area (Å²) >= 11 is 7.50. The van der Waals surface area contributed by atoms with Crippen LogP contribution in [0, 0.1) is 5.92 Å². The zero-order chi connectivity index (χ0) is 15.0. The molecule has 21 heavy (non-hydrogen) atoms. The van der Waals surface area contributed by atoms with Crippen LogP contribution < -0.4 is 0 Å². The van der Waals surface area contributed by atoms with E-state index in [1.165, 1.54) is 24.6 Å². The Morgan fingerprint density at radius 2 is 2.38 bits per heavy atom. The molecule has 2 atom stereocenters. The predicted molar refractivity (Wildman–Crippen MR) is 85.2 cm³/mol. The van der Waals surface area contributed by atoms with Crippen LogP contribution in [0.4, 0.5) is 0 Å². The molecule has 1 aromatic heterocycles. The lowest BCUT2D eigenvalue weighted by molar-refractivity contribution is -0.133. The van der Waals surface area contributed by atoms with Crippen LogP contribution in [-0.4, -0.2) is 26.4 Å². The van der Waals surface area contributed by atoms with Gasteiger partial charge in [-0.15, -0.1) is 0 Å². The van der Waals surface area contributed by atoms with E-state index in [1.54, 1.807) is 0 Å². The lowest BCUT2D eigenvalue weighted by Gasteiger charge is -2.07. The minimum absolute atomic E-state index is 0.0199. The second-order valence-electron chi connectivity index (χ2n) is 5.41. The van der Waals surface area contributed by atoms with Gasteiger partial charge in [0, 0.05) is 6.04 Å². The summed E-state index contributed by atoms with van der Waals surface area (Å²) in [5.74, 6) is -0.132. The molecule has 1 N–H and O–H groups in total. The average Bonchev–Trinajstić information content (AvgIpc) is 3.08. The van der Waals surface area contributed by atoms with Gasteiger partial charge in [0.1, 0.15) is 5.52 Å². The van der Waals surface area contributed by atoms with E-state index >= 15 is 0 Å². The minimum Gasteiger partial charge on any atom is -0.481 e. The molecule has 3 rings (SSSR count). The Morgan fingerprint density at radius 1 is 1.57 bits per heavy atom. The van der Waals surface area contributed by atoms with Gasteiger partial charge in [-0.05, 0) is 30.9 Å². The first-order chi connectivity index (χ1) is 10.1. The van der Waals surface area contributed by atoms with Gasteiger partial charge in [0.15, 0.2) is 5.16 Å². The Bertz CT molecular complexity index is 686. The average molecular weight is 325 g/mol. The van der Waals surface area contributed by atoms with E-state index in [2.05, 4.69) is 16.5 Å². The fraction of sp³-hybridized carbons (Fsp3) is 0.467. The lowest BCUT2D eigenvalue weighted by Crippen LogP contribution is -2.03. The van der Waals surface area contributed by atoms with Crippen molar-refractivity contribution in [2.75, 3.05) is 5.75 Å². The van der Waals surface area contributed by atoms with Crippen LogP contribution in [-0.2, 0) is 4.79 Å². The number of aromatic nitrogens is 2. The quantitative estimate of drug-likeness (QED) is 0.808. The Morgan fingerprint density at radius 3 is 3.10 bits per heavy atom. The first-order valence-electron chi connectivity index (χ1n) is 7.12. The number of imidazole rings is 1. The van der Waals surface area contributed by atoms with Gasteiger partial charge in [-0.1, -0.05) is 42.8 Å². The third-order valence-electron chi connectivity index (χ3n) is 3.84. The van der Waals surface area contributed by atoms with Gasteiger partial charge in [-0.25, -0.2) is 4.98 Å². The van der Waals surface area contributed by atoms with Gasteiger partial charge < -0.3 is 9.67 Å². The van der Waals surface area contributed by atoms with Gasteiger partial charge in [0.2, 0.25) is 0 Å². The largest absolute Gasteiger partial charge is 0.481 e. The summed E-state index contributed by atoms with van der Waals surface area (Å²) in [6.45, 7) is 2.19. The molecule has 1 saturated carbocycles. The van der Waals surface area contributed by atoms with Crippen molar-refractivity contribution in [3.63, 3.8) is 0 Å². The number of para-hydroxylation sites is 1. The molecule has 112 valence electrons. The van der Waals surface area contributed by atoms with E-state index < -0.39 is 5.97 Å². The Hall–Kier alpha value is -1.20. The van der Waals surface area contributed by atoms with E-state index in [1.807, 2.05) is 18.2 Å². The monoisotopic (exact) mass is 324 g/mol. The highest BCUT2D eigenvalue weighted by atomic mass is 35.5. The van der Waals surface area contributed by atoms with Crippen molar-refractivity contribution in [1.29, 1.82) is 0 Å². The lowest BCUT2D eigenvalue weighted by atomic mass is 10.2. The molecule has 4 nitrogen and oxygen atoms in total. The van der Waals surface area contributed by atoms with Gasteiger partial charge in [0.25, 0.3) is 0 Å². The number of carboxylic acid groups (broad SMARTS) is 1. The third-order valence-corrected chi connectivity index (χ3v) is 5.08. The zero-order valence-electron chi connectivity index (χ0n) is 11.8. The number of hydrogen-bond donors (Lipinski definition) is 1. The number of hydrogen-bond acceptors (Lipinski definition) is 3. The second-order valence-corrected chi connectivity index (χ2v) is 6.76. The van der Waals surface area contributed by atoms with Crippen molar-refractivity contribution < 1.29 is 9.90 Å². The molecule has 1 fully saturated rings. The predicted octanol–water partition coefficient (Wildman–Crippen LogP) is 4.23. The zero-order valence-corrected chi connectivity index (χ0v) is 13.3. The first-order valence-corrected chi connectivity index (χ1v) is 8.49. The fourth-order valence-corrected chi connectivity index (χ4v) is 3.83. The summed E-state index contributed by atoms with van der Waals surface area (Å²) < 4.78 is 2.19. The summed E-state index contributed by atoms with van der Waals surface area (Å²) in [4.78, 5) is 15.4. The van der Waals surface area contributed by atoms with Crippen LogP contribution in [0.15, 0.2) is 23.4 Å². The van der Waals surface area contributed by atoms with Crippen LogP contribution in [0.25, 0.3) is 11.0 Å². The van der Waals surface area contributed by atoms with Crippen molar-refractivity contribution >= 4 is 40.4 Å². The number of carbonyl (C=O) groups is 1. The Balaban J connectivity index is 2.00. The maximum absolute atomic E-state index is 10.8. The minimum atomic E-state index is -0.828. The number of fused-ring (bicyclic) bond motifs is 1. The van der Waals surface area contributed by atoms with E-state index in [0.29, 0.717) is 17.0 Å². The molecular weight excluding hydrogens is 308 g/mol. The van der Waals surface area contributed by atoms with E-state index in [-0.39, 0.29) is 5.75 Å². The van der Waals surface area contributed by atoms with Crippen molar-refractivity contribution in [3.8, 4) is 0 Å². The molecule has 0 bridgehead atoms. The second kappa shape index (κ2) is 5.89. The number of thioether (sulfide) groups is 1. The number of rotatable bonds is 6. The van der Waals surface area contributed by atoms with Gasteiger partial charge >= 0.3 is 5.97 Å². The molecule has 0 radical (unpaired) electrons. The number of benzene rings is 1. The Labute approximate surface area is 132 Å². The third kappa shape index (κ3) is 2.90. The highest BCUT2D eigenvalue weighted by Crippen LogP contribution is 2.49. The number of aliphatic carboxylic acids is 1. The molecule has 0 aliphatic heterocycles. The summed E-state index contributed by atoms with van der Waals surface area (Å²) in [6.07, 6.45) is 3.52. The van der Waals surface area contributed by atoms with Crippen LogP contribution in [0.3, 0.4) is 0 Å². The van der Waals surface area contributed by atoms with Gasteiger partial charge in [-0.2, -0.15) is 0 Å². The summed E-state index contributed by atoms with van der Waals surface area (Å²) in [5, 5.41) is 10.3. The van der Waals surface area contributed by atoms with Crippen molar-refractivity contribution in [3.05, 3.63) is 23.2 Å². The van der Waals surface area contributed by atoms with E-state index in [0.717, 1.165) is 22.6 Å². The SMILES string of the molecule is CCCC1CC1n1c(SCC(=O)O)nc2c(Cl)cccc21. The van der Waals surface area contributed by atoms with Crippen molar-refractivity contribution in [1.82, 2.24) is 9.55 Å². The normalized spacial score (nSPS) is 20.9.